The summed E-state index contributed by atoms with van der Waals surface area (Å²) in [5.41, 5.74) is 2.24. The van der Waals surface area contributed by atoms with Gasteiger partial charge in [-0.1, -0.05) is 0 Å². The monoisotopic (exact) mass is 114 g/mol. The van der Waals surface area contributed by atoms with Crippen LogP contribution < -0.4 is 0 Å². The molecule has 0 spiro atoms. The summed E-state index contributed by atoms with van der Waals surface area (Å²) in [6.45, 7) is 5.61. The minimum Gasteiger partial charge on any atom is -0.385 e. The van der Waals surface area contributed by atoms with E-state index in [4.69, 9.17) is 4.74 Å². The van der Waals surface area contributed by atoms with E-state index in [2.05, 4.69) is 6.58 Å². The molecule has 0 bridgehead atoms. The molecule has 2 heteroatoms. The second kappa shape index (κ2) is 4.09. The second-order valence-corrected chi connectivity index (χ2v) is 2.80. The molecule has 0 amide bonds. The van der Waals surface area contributed by atoms with Gasteiger partial charge in [-0.05, 0) is 6.92 Å². The summed E-state index contributed by atoms with van der Waals surface area (Å²) in [7, 11) is 2.44. The Balaban J connectivity index is 2.98. The molecule has 0 aliphatic heterocycles. The van der Waals surface area contributed by atoms with E-state index >= 15 is 0 Å². The molecule has 1 atom stereocenters. The van der Waals surface area contributed by atoms with E-state index in [0.717, 1.165) is 9.52 Å². The van der Waals surface area contributed by atoms with Crippen molar-refractivity contribution in [1.29, 1.82) is 0 Å². The van der Waals surface area contributed by atoms with Crippen molar-refractivity contribution in [3.63, 3.8) is 0 Å². The van der Waals surface area contributed by atoms with Crippen LogP contribution in [0.3, 0.4) is 0 Å². The molecule has 7 heavy (non-hydrogen) atoms. The third-order valence-electron chi connectivity index (χ3n) is 0.706. The van der Waals surface area contributed by atoms with Crippen LogP contribution in [0.25, 0.3) is 0 Å². The summed E-state index contributed by atoms with van der Waals surface area (Å²) in [4.78, 5) is 0. The van der Waals surface area contributed by atoms with Crippen molar-refractivity contribution in [2.45, 2.75) is 12.7 Å². The first-order valence-electron chi connectivity index (χ1n) is 2.21. The summed E-state index contributed by atoms with van der Waals surface area (Å²) in [6, 6.07) is 0. The molecule has 0 aromatic rings. The smallest absolute Gasteiger partial charge is 0.108 e. The maximum atomic E-state index is 4.93. The molecule has 0 heterocycles. The lowest BCUT2D eigenvalue weighted by Crippen LogP contribution is -2.11. The average Bonchev–Trinajstić information content (AvgIpc) is 1.68. The number of hydrogen-bond acceptors (Lipinski definition) is 1. The summed E-state index contributed by atoms with van der Waals surface area (Å²) >= 11 is 0. The van der Waals surface area contributed by atoms with Gasteiger partial charge >= 0.3 is 0 Å². The highest BCUT2D eigenvalue weighted by Crippen LogP contribution is 1.81. The third kappa shape index (κ3) is 3.75. The van der Waals surface area contributed by atoms with Gasteiger partial charge in [0.05, 0.1) is 0 Å². The summed E-state index contributed by atoms with van der Waals surface area (Å²) in [5.74, 6) is 0. The molecule has 0 saturated heterocycles. The van der Waals surface area contributed by atoms with Crippen LogP contribution in [0, 0.1) is 0 Å². The molecule has 0 aliphatic rings. The Kier molecular flexibility index (Phi) is 4.04. The predicted octanol–water partition coefficient (Wildman–Crippen LogP) is 0.826. The van der Waals surface area contributed by atoms with Crippen molar-refractivity contribution in [2.24, 2.45) is 0 Å². The van der Waals surface area contributed by atoms with Gasteiger partial charge in [0.15, 0.2) is 0 Å². The fourth-order valence-electron chi connectivity index (χ4n) is 0.234. The zero-order valence-electron chi connectivity index (χ0n) is 4.77. The van der Waals surface area contributed by atoms with Crippen LogP contribution in [0.15, 0.2) is 12.3 Å². The Labute approximate surface area is 47.2 Å². The normalized spacial score (nSPS) is 13.4. The maximum Gasteiger partial charge on any atom is 0.108 e. The van der Waals surface area contributed by atoms with Crippen LogP contribution in [0.5, 0.6) is 0 Å². The molecule has 0 fully saturated rings. The first-order chi connectivity index (χ1) is 3.31. The number of ether oxygens (including phenoxy) is 1. The number of methoxy groups -OCH3 is 1. The van der Waals surface area contributed by atoms with Crippen molar-refractivity contribution >= 4 is 9.52 Å². The van der Waals surface area contributed by atoms with E-state index in [1.807, 2.05) is 12.6 Å². The first-order valence-corrected chi connectivity index (χ1v) is 3.36. The van der Waals surface area contributed by atoms with Crippen LogP contribution in [-0.2, 0) is 4.74 Å². The molecule has 2 radical (unpaired) electrons. The topological polar surface area (TPSA) is 9.23 Å². The van der Waals surface area contributed by atoms with E-state index in [9.17, 15) is 0 Å². The standard InChI is InChI=1S/C5H10OSi/c1-4-7-5(2)6-3/h4-5H,1H2,2-3H3. The highest BCUT2D eigenvalue weighted by molar-refractivity contribution is 6.43. The Morgan fingerprint density at radius 1 is 1.86 bits per heavy atom. The number of hydrogen-bond donors (Lipinski definition) is 0. The molecule has 0 aromatic carbocycles. The lowest BCUT2D eigenvalue weighted by molar-refractivity contribution is 0.179. The van der Waals surface area contributed by atoms with E-state index < -0.39 is 0 Å². The van der Waals surface area contributed by atoms with Gasteiger partial charge in [0.2, 0.25) is 0 Å². The molecule has 40 valence electrons. The van der Waals surface area contributed by atoms with Crippen LogP contribution in [0.1, 0.15) is 6.92 Å². The molecule has 1 unspecified atom stereocenters. The number of rotatable bonds is 3. The van der Waals surface area contributed by atoms with Crippen molar-refractivity contribution in [1.82, 2.24) is 0 Å². The zero-order chi connectivity index (χ0) is 5.70. The third-order valence-corrected chi connectivity index (χ3v) is 1.65. The minimum atomic E-state index is 0.359. The van der Waals surface area contributed by atoms with Gasteiger partial charge in [0, 0.05) is 12.8 Å². The molecule has 0 saturated carbocycles. The highest BCUT2D eigenvalue weighted by atomic mass is 28.2. The van der Waals surface area contributed by atoms with Gasteiger partial charge in [-0.2, -0.15) is 0 Å². The Bertz CT molecular complexity index is 54.0. The van der Waals surface area contributed by atoms with Crippen LogP contribution >= 0.6 is 0 Å². The quantitative estimate of drug-likeness (QED) is 0.494. The highest BCUT2D eigenvalue weighted by Gasteiger charge is 1.92. The Morgan fingerprint density at radius 2 is 2.43 bits per heavy atom. The van der Waals surface area contributed by atoms with Gasteiger partial charge in [-0.3, -0.25) is 0 Å². The van der Waals surface area contributed by atoms with Gasteiger partial charge < -0.3 is 4.74 Å². The Hall–Kier alpha value is -0.0831. The molecule has 1 nitrogen and oxygen atoms in total. The fraction of sp³-hybridized carbons (Fsp3) is 0.600. The molecular formula is C5H10OSi. The summed E-state index contributed by atoms with van der Waals surface area (Å²) in [6.07, 6.45) is 0. The maximum absolute atomic E-state index is 4.93. The van der Waals surface area contributed by atoms with E-state index in [1.54, 1.807) is 7.11 Å². The van der Waals surface area contributed by atoms with Gasteiger partial charge in [0.25, 0.3) is 0 Å². The van der Waals surface area contributed by atoms with Crippen LogP contribution in [-0.4, -0.2) is 22.4 Å². The van der Waals surface area contributed by atoms with Crippen molar-refractivity contribution in [3.8, 4) is 0 Å². The Morgan fingerprint density at radius 3 is 2.57 bits per heavy atom. The van der Waals surface area contributed by atoms with Gasteiger partial charge in [-0.25, -0.2) is 0 Å². The fourth-order valence-corrected chi connectivity index (χ4v) is 0.702. The van der Waals surface area contributed by atoms with Crippen molar-refractivity contribution in [2.75, 3.05) is 7.11 Å². The summed E-state index contributed by atoms with van der Waals surface area (Å²) < 4.78 is 4.93. The van der Waals surface area contributed by atoms with Gasteiger partial charge in [-0.15, -0.1) is 12.3 Å². The van der Waals surface area contributed by atoms with Crippen molar-refractivity contribution in [3.05, 3.63) is 12.3 Å². The summed E-state index contributed by atoms with van der Waals surface area (Å²) in [5, 5.41) is 0. The molecule has 0 rings (SSSR count). The lowest BCUT2D eigenvalue weighted by atomic mass is 10.9. The van der Waals surface area contributed by atoms with Crippen LogP contribution in [0.2, 0.25) is 0 Å². The SMILES string of the molecule is C=C[Si]C(C)OC. The van der Waals surface area contributed by atoms with Crippen LogP contribution in [0.4, 0.5) is 0 Å². The molecule has 0 aromatic heterocycles. The van der Waals surface area contributed by atoms with E-state index in [-0.39, 0.29) is 0 Å². The van der Waals surface area contributed by atoms with E-state index in [1.165, 1.54) is 0 Å². The predicted molar refractivity (Wildman–Crippen MR) is 32.4 cm³/mol. The van der Waals surface area contributed by atoms with Gasteiger partial charge in [0.1, 0.15) is 9.52 Å². The second-order valence-electron chi connectivity index (χ2n) is 1.25. The molecule has 0 N–H and O–H groups in total. The minimum absolute atomic E-state index is 0.359. The van der Waals surface area contributed by atoms with Crippen molar-refractivity contribution < 1.29 is 4.74 Å². The largest absolute Gasteiger partial charge is 0.385 e. The van der Waals surface area contributed by atoms with E-state index in [0.29, 0.717) is 5.73 Å². The average molecular weight is 114 g/mol. The zero-order valence-corrected chi connectivity index (χ0v) is 5.77. The lowest BCUT2D eigenvalue weighted by Gasteiger charge is -2.01. The molecule has 0 aliphatic carbocycles. The first kappa shape index (κ1) is 6.92. The molecular weight excluding hydrogens is 104 g/mol.